The average molecular weight is 620 g/mol. The number of aromatic nitrogens is 1. The smallest absolute Gasteiger partial charge is 0.416 e. The Morgan fingerprint density at radius 1 is 1.02 bits per heavy atom. The van der Waals surface area contributed by atoms with E-state index in [2.05, 4.69) is 10.3 Å². The minimum Gasteiger partial charge on any atom is -0.487 e. The van der Waals surface area contributed by atoms with Gasteiger partial charge in [0.25, 0.3) is 0 Å². The molecule has 0 fully saturated rings. The molecule has 220 valence electrons. The summed E-state index contributed by atoms with van der Waals surface area (Å²) < 4.78 is 50.4. The van der Waals surface area contributed by atoms with Crippen LogP contribution < -0.4 is 15.0 Å². The third-order valence-corrected chi connectivity index (χ3v) is 7.23. The van der Waals surface area contributed by atoms with Crippen LogP contribution in [-0.2, 0) is 28.7 Å². The minimum absolute atomic E-state index is 0.00203. The van der Waals surface area contributed by atoms with Crippen LogP contribution in [-0.4, -0.2) is 37.2 Å². The maximum atomic E-state index is 13.1. The van der Waals surface area contributed by atoms with Gasteiger partial charge in [-0.1, -0.05) is 59.6 Å². The van der Waals surface area contributed by atoms with Crippen molar-refractivity contribution in [2.75, 3.05) is 25.1 Å². The molecule has 1 N–H and O–H groups in total. The number of carbonyl (C=O) groups is 2. The van der Waals surface area contributed by atoms with Crippen molar-refractivity contribution in [1.29, 1.82) is 0 Å². The number of nitrogens with one attached hydrogen (secondary N) is 1. The summed E-state index contributed by atoms with van der Waals surface area (Å²) >= 11 is 13.0. The Balaban J connectivity index is 1.34. The number of nitrogens with zero attached hydrogens (tertiary/aromatic N) is 2. The summed E-state index contributed by atoms with van der Waals surface area (Å²) in [6, 6.07) is 17.7. The number of halogens is 5. The van der Waals surface area contributed by atoms with E-state index >= 15 is 0 Å². The number of para-hydroxylation sites is 1. The van der Waals surface area contributed by atoms with Gasteiger partial charge in [-0.2, -0.15) is 13.2 Å². The topological polar surface area (TPSA) is 80.8 Å². The molecule has 0 saturated carbocycles. The van der Waals surface area contributed by atoms with Crippen LogP contribution in [0.25, 0.3) is 10.9 Å². The zero-order valence-corrected chi connectivity index (χ0v) is 24.1. The maximum Gasteiger partial charge on any atom is 0.416 e. The van der Waals surface area contributed by atoms with Crippen molar-refractivity contribution in [2.24, 2.45) is 0 Å². The first kappa shape index (κ1) is 30.9. The second kappa shape index (κ2) is 13.3. The van der Waals surface area contributed by atoms with Crippen molar-refractivity contribution in [3.63, 3.8) is 0 Å². The van der Waals surface area contributed by atoms with Gasteiger partial charge in [-0.05, 0) is 42.8 Å². The van der Waals surface area contributed by atoms with E-state index in [1.54, 1.807) is 12.1 Å². The van der Waals surface area contributed by atoms with E-state index in [9.17, 15) is 22.8 Å². The Bertz CT molecular complexity index is 1620. The van der Waals surface area contributed by atoms with E-state index in [1.807, 2.05) is 37.3 Å². The van der Waals surface area contributed by atoms with Crippen LogP contribution in [0.2, 0.25) is 10.0 Å². The number of alkyl carbamates (subject to hydrolysis) is 1. The van der Waals surface area contributed by atoms with E-state index in [0.717, 1.165) is 17.0 Å². The highest BCUT2D eigenvalue weighted by Crippen LogP contribution is 2.35. The van der Waals surface area contributed by atoms with Gasteiger partial charge in [0.1, 0.15) is 18.9 Å². The summed E-state index contributed by atoms with van der Waals surface area (Å²) in [6.45, 7) is 1.09. The predicted molar refractivity (Wildman–Crippen MR) is 155 cm³/mol. The fourth-order valence-electron chi connectivity index (χ4n) is 4.19. The monoisotopic (exact) mass is 619 g/mol. The number of rotatable bonds is 9. The molecule has 0 unspecified atom stereocenters. The first-order valence-corrected chi connectivity index (χ1v) is 13.5. The third-order valence-electron chi connectivity index (χ3n) is 6.45. The summed E-state index contributed by atoms with van der Waals surface area (Å²) in [5, 5.41) is 3.74. The second-order valence-electron chi connectivity index (χ2n) is 9.26. The molecule has 12 heteroatoms. The summed E-state index contributed by atoms with van der Waals surface area (Å²) in [4.78, 5) is 30.7. The lowest BCUT2D eigenvalue weighted by atomic mass is 10.0. The quantitative estimate of drug-likeness (QED) is 0.211. The molecule has 0 aliphatic heterocycles. The molecule has 1 aromatic heterocycles. The summed E-state index contributed by atoms with van der Waals surface area (Å²) in [7, 11) is 1.47. The van der Waals surface area contributed by atoms with Crippen molar-refractivity contribution in [3.8, 4) is 5.75 Å². The zero-order valence-electron chi connectivity index (χ0n) is 22.6. The molecular weight excluding hydrogens is 594 g/mol. The SMILES string of the molecule is Cc1nc2ccccc2cc1OCc1c(Cl)ccc(N(C)C(=O)CNC(=O)OCCc2ccccc2C(F)(F)F)c1Cl. The van der Waals surface area contributed by atoms with Gasteiger partial charge in [-0.3, -0.25) is 4.79 Å². The van der Waals surface area contributed by atoms with Crippen molar-refractivity contribution in [1.82, 2.24) is 10.3 Å². The highest BCUT2D eigenvalue weighted by Gasteiger charge is 2.32. The molecule has 4 rings (SSSR count). The van der Waals surface area contributed by atoms with Crippen molar-refractivity contribution < 1.29 is 32.2 Å². The number of benzene rings is 3. The van der Waals surface area contributed by atoms with Gasteiger partial charge in [0.2, 0.25) is 5.91 Å². The van der Waals surface area contributed by atoms with Crippen LogP contribution in [0.15, 0.2) is 66.7 Å². The summed E-state index contributed by atoms with van der Waals surface area (Å²) in [5.41, 5.74) is 1.51. The van der Waals surface area contributed by atoms with Crippen LogP contribution in [0.3, 0.4) is 0 Å². The summed E-state index contributed by atoms with van der Waals surface area (Å²) in [6.07, 6.45) is -5.61. The van der Waals surface area contributed by atoms with Gasteiger partial charge < -0.3 is 19.7 Å². The normalized spacial score (nSPS) is 11.3. The molecule has 7 nitrogen and oxygen atoms in total. The number of fused-ring (bicyclic) bond motifs is 1. The Morgan fingerprint density at radius 2 is 1.74 bits per heavy atom. The predicted octanol–water partition coefficient (Wildman–Crippen LogP) is 7.38. The number of pyridine rings is 1. The molecule has 1 heterocycles. The van der Waals surface area contributed by atoms with Crippen LogP contribution in [0, 0.1) is 6.92 Å². The lowest BCUT2D eigenvalue weighted by Gasteiger charge is -2.21. The molecule has 0 aliphatic rings. The van der Waals surface area contributed by atoms with Gasteiger partial charge in [-0.15, -0.1) is 0 Å². The van der Waals surface area contributed by atoms with Crippen LogP contribution in [0.4, 0.5) is 23.7 Å². The molecule has 42 heavy (non-hydrogen) atoms. The molecule has 0 atom stereocenters. The van der Waals surface area contributed by atoms with Gasteiger partial charge in [0, 0.05) is 29.4 Å². The molecule has 0 aliphatic carbocycles. The van der Waals surface area contributed by atoms with Crippen molar-refractivity contribution in [3.05, 3.63) is 99.2 Å². The Morgan fingerprint density at radius 3 is 2.50 bits per heavy atom. The van der Waals surface area contributed by atoms with Gasteiger partial charge in [0.05, 0.1) is 34.1 Å². The Labute approximate surface area is 250 Å². The van der Waals surface area contributed by atoms with E-state index in [0.29, 0.717) is 27.7 Å². The molecule has 0 saturated heterocycles. The number of aryl methyl sites for hydroxylation is 1. The van der Waals surface area contributed by atoms with E-state index in [1.165, 1.54) is 30.1 Å². The first-order valence-electron chi connectivity index (χ1n) is 12.7. The molecule has 0 radical (unpaired) electrons. The van der Waals surface area contributed by atoms with Gasteiger partial charge in [-0.25, -0.2) is 9.78 Å². The number of carbonyl (C=O) groups excluding carboxylic acids is 2. The lowest BCUT2D eigenvalue weighted by molar-refractivity contribution is -0.138. The highest BCUT2D eigenvalue weighted by molar-refractivity contribution is 6.38. The number of amides is 2. The molecule has 0 bridgehead atoms. The molecule has 3 aromatic carbocycles. The second-order valence-corrected chi connectivity index (χ2v) is 10.0. The fourth-order valence-corrected chi connectivity index (χ4v) is 4.79. The van der Waals surface area contributed by atoms with Gasteiger partial charge >= 0.3 is 12.3 Å². The number of likely N-dealkylation sites (N-methyl/N-ethyl adjacent to an activating group) is 1. The third kappa shape index (κ3) is 7.43. The average Bonchev–Trinajstić information content (AvgIpc) is 2.95. The highest BCUT2D eigenvalue weighted by atomic mass is 35.5. The molecule has 0 spiro atoms. The zero-order chi connectivity index (χ0) is 30.4. The molecule has 2 amide bonds. The Kier molecular flexibility index (Phi) is 9.80. The maximum absolute atomic E-state index is 13.1. The molecular formula is C30H26Cl2F3N3O4. The Hall–Kier alpha value is -4.02. The lowest BCUT2D eigenvalue weighted by Crippen LogP contribution is -2.38. The van der Waals surface area contributed by atoms with E-state index in [-0.39, 0.29) is 30.2 Å². The number of hydrogen-bond acceptors (Lipinski definition) is 5. The number of anilines is 1. The minimum atomic E-state index is -4.52. The number of ether oxygens (including phenoxy) is 2. The molecule has 4 aromatic rings. The first-order chi connectivity index (χ1) is 20.0. The number of hydrogen-bond donors (Lipinski definition) is 1. The van der Waals surface area contributed by atoms with E-state index < -0.39 is 30.3 Å². The largest absolute Gasteiger partial charge is 0.487 e. The van der Waals surface area contributed by atoms with Crippen LogP contribution in [0.1, 0.15) is 22.4 Å². The van der Waals surface area contributed by atoms with Crippen molar-refractivity contribution in [2.45, 2.75) is 26.1 Å². The standard InChI is InChI=1S/C30H26Cl2F3N3O4/c1-18-26(15-20-8-4-6-10-24(20)37-18)42-17-21-23(31)11-12-25(28(21)32)38(2)27(39)16-36-29(40)41-14-13-19-7-3-5-9-22(19)30(33,34)35/h3-12,15H,13-14,16-17H2,1-2H3,(H,36,40). The van der Waals surface area contributed by atoms with Gasteiger partial charge in [0.15, 0.2) is 0 Å². The van der Waals surface area contributed by atoms with Crippen LogP contribution >= 0.6 is 23.2 Å². The number of alkyl halides is 3. The summed E-state index contributed by atoms with van der Waals surface area (Å²) in [5.74, 6) is 0.0281. The fraction of sp³-hybridized carbons (Fsp3) is 0.233. The van der Waals surface area contributed by atoms with E-state index in [4.69, 9.17) is 32.7 Å². The van der Waals surface area contributed by atoms with Crippen molar-refractivity contribution >= 4 is 51.8 Å². The van der Waals surface area contributed by atoms with Crippen LogP contribution in [0.5, 0.6) is 5.75 Å².